The van der Waals surface area contributed by atoms with Gasteiger partial charge in [-0.05, 0) is 13.8 Å². The van der Waals surface area contributed by atoms with E-state index in [4.69, 9.17) is 14.9 Å². The molecule has 1 heterocycles. The van der Waals surface area contributed by atoms with Gasteiger partial charge in [0.05, 0.1) is 12.3 Å². The van der Waals surface area contributed by atoms with Crippen LogP contribution in [-0.4, -0.2) is 48.7 Å². The van der Waals surface area contributed by atoms with Gasteiger partial charge in [-0.2, -0.15) is 0 Å². The van der Waals surface area contributed by atoms with E-state index in [0.29, 0.717) is 0 Å². The number of phosphoric acid groups is 1. The molecule has 1 atom stereocenters. The molecule has 0 aliphatic rings. The van der Waals surface area contributed by atoms with E-state index in [0.717, 1.165) is 6.21 Å². The molecule has 0 saturated heterocycles. The molecule has 1 aromatic heterocycles. The average Bonchev–Trinajstić information content (AvgIpc) is 2.37. The van der Waals surface area contributed by atoms with E-state index >= 15 is 0 Å². The molecule has 23 heavy (non-hydrogen) atoms. The van der Waals surface area contributed by atoms with Gasteiger partial charge in [0.1, 0.15) is 11.8 Å². The molecule has 0 spiro atoms. The van der Waals surface area contributed by atoms with Gasteiger partial charge in [-0.15, -0.1) is 0 Å². The number of carbonyl (C=O) groups is 1. The quantitative estimate of drug-likeness (QED) is 0.287. The van der Waals surface area contributed by atoms with Crippen molar-refractivity contribution in [3.63, 3.8) is 0 Å². The standard InChI is InChI=1S/C11H15N2O7P.Cu.H2O/c1-6-10(14)9(4-13-7(2)11(15)16)8(3-12-6)5-20-21(17,18)19;;/h3-4,7,14H,5H2,1-2H3,(H,15,16)(H2,17,18,19);;1H2. The summed E-state index contributed by atoms with van der Waals surface area (Å²) < 4.78 is 15.0. The number of carboxylic acids is 1. The van der Waals surface area contributed by atoms with Crippen LogP contribution in [0.3, 0.4) is 0 Å². The van der Waals surface area contributed by atoms with Crippen molar-refractivity contribution in [3.8, 4) is 5.75 Å². The van der Waals surface area contributed by atoms with Gasteiger partial charge in [-0.3, -0.25) is 14.5 Å². The van der Waals surface area contributed by atoms with Crippen LogP contribution in [0.4, 0.5) is 0 Å². The Labute approximate surface area is 142 Å². The van der Waals surface area contributed by atoms with Crippen LogP contribution in [0.25, 0.3) is 0 Å². The number of phosphoric ester groups is 1. The second-order valence-electron chi connectivity index (χ2n) is 4.19. The van der Waals surface area contributed by atoms with Crippen molar-refractivity contribution in [1.82, 2.24) is 4.98 Å². The molecule has 1 rings (SSSR count). The molecule has 0 aromatic carbocycles. The minimum Gasteiger partial charge on any atom is -0.505 e. The maximum atomic E-state index is 10.7. The van der Waals surface area contributed by atoms with Crippen molar-refractivity contribution in [2.45, 2.75) is 26.5 Å². The first-order valence-corrected chi connectivity index (χ1v) is 7.28. The number of carboxylic acid groups (broad SMARTS) is 1. The first-order valence-electron chi connectivity index (χ1n) is 5.75. The monoisotopic (exact) mass is 399 g/mol. The largest absolute Gasteiger partial charge is 0.505 e. The third-order valence-corrected chi connectivity index (χ3v) is 3.00. The summed E-state index contributed by atoms with van der Waals surface area (Å²) >= 11 is 0. The molecule has 0 amide bonds. The predicted octanol–water partition coefficient (Wildman–Crippen LogP) is -0.230. The fourth-order valence-electron chi connectivity index (χ4n) is 1.32. The van der Waals surface area contributed by atoms with E-state index in [-0.39, 0.29) is 45.1 Å². The van der Waals surface area contributed by atoms with Crippen molar-refractivity contribution >= 4 is 20.0 Å². The Morgan fingerprint density at radius 2 is 2.09 bits per heavy atom. The summed E-state index contributed by atoms with van der Waals surface area (Å²) in [6, 6.07) is -1.03. The molecule has 10 nitrogen and oxygen atoms in total. The smallest absolute Gasteiger partial charge is 0.469 e. The number of aryl methyl sites for hydroxylation is 1. The van der Waals surface area contributed by atoms with E-state index in [1.165, 1.54) is 20.0 Å². The number of aliphatic carboxylic acids is 1. The number of pyridine rings is 1. The summed E-state index contributed by atoms with van der Waals surface area (Å²) in [6.07, 6.45) is 2.37. The van der Waals surface area contributed by atoms with Crippen molar-refractivity contribution in [3.05, 3.63) is 23.0 Å². The second kappa shape index (κ2) is 9.74. The van der Waals surface area contributed by atoms with Gasteiger partial charge >= 0.3 is 13.8 Å². The van der Waals surface area contributed by atoms with Gasteiger partial charge in [0.15, 0.2) is 0 Å². The third-order valence-electron chi connectivity index (χ3n) is 2.53. The van der Waals surface area contributed by atoms with E-state index < -0.39 is 26.4 Å². The minimum absolute atomic E-state index is 0. The van der Waals surface area contributed by atoms with Gasteiger partial charge in [0.25, 0.3) is 0 Å². The number of aromatic hydroxyl groups is 1. The van der Waals surface area contributed by atoms with Crippen molar-refractivity contribution < 1.29 is 56.4 Å². The zero-order valence-electron chi connectivity index (χ0n) is 12.1. The van der Waals surface area contributed by atoms with Crippen LogP contribution in [0.15, 0.2) is 11.2 Å². The Kier molecular flexibility index (Phi) is 10.1. The Bertz CT molecular complexity index is 618. The Morgan fingerprint density at radius 1 is 1.52 bits per heavy atom. The zero-order valence-corrected chi connectivity index (χ0v) is 13.9. The van der Waals surface area contributed by atoms with E-state index in [1.54, 1.807) is 0 Å². The Hall–Kier alpha value is -1.32. The van der Waals surface area contributed by atoms with Crippen LogP contribution < -0.4 is 0 Å². The SMILES string of the molecule is Cc1ncc(COP(=O)(O)O)c(C=NC(C)C(=O)O)c1O.O.[Cu]. The number of aliphatic imine (C=N–C) groups is 1. The van der Waals surface area contributed by atoms with E-state index in [9.17, 15) is 14.5 Å². The fourth-order valence-corrected chi connectivity index (χ4v) is 1.62. The minimum atomic E-state index is -4.68. The van der Waals surface area contributed by atoms with Crippen LogP contribution in [0.5, 0.6) is 5.75 Å². The number of aromatic nitrogens is 1. The maximum absolute atomic E-state index is 10.7. The molecule has 6 N–H and O–H groups in total. The molecule has 1 aromatic rings. The Balaban J connectivity index is 0. The van der Waals surface area contributed by atoms with Gasteiger partial charge in [-0.25, -0.2) is 9.36 Å². The first-order chi connectivity index (χ1) is 9.61. The summed E-state index contributed by atoms with van der Waals surface area (Å²) in [4.78, 5) is 35.6. The van der Waals surface area contributed by atoms with Crippen LogP contribution in [-0.2, 0) is 37.6 Å². The summed E-state index contributed by atoms with van der Waals surface area (Å²) in [6.45, 7) is 2.35. The number of rotatable bonds is 6. The second-order valence-corrected chi connectivity index (χ2v) is 5.43. The van der Waals surface area contributed by atoms with Crippen LogP contribution in [0, 0.1) is 6.92 Å². The molecule has 12 heteroatoms. The maximum Gasteiger partial charge on any atom is 0.469 e. The normalized spacial score (nSPS) is 12.3. The molecule has 0 aliphatic carbocycles. The molecule has 1 radical (unpaired) electrons. The van der Waals surface area contributed by atoms with E-state index in [1.807, 2.05) is 0 Å². The van der Waals surface area contributed by atoms with Crippen LogP contribution in [0.2, 0.25) is 0 Å². The first kappa shape index (κ1) is 23.9. The number of hydrogen-bond acceptors (Lipinski definition) is 6. The predicted molar refractivity (Wildman–Crippen MR) is 75.8 cm³/mol. The summed E-state index contributed by atoms with van der Waals surface area (Å²) in [7, 11) is -4.68. The molecule has 1 unspecified atom stereocenters. The van der Waals surface area contributed by atoms with E-state index in [2.05, 4.69) is 14.5 Å². The van der Waals surface area contributed by atoms with Crippen molar-refractivity contribution in [1.29, 1.82) is 0 Å². The van der Waals surface area contributed by atoms with Crippen molar-refractivity contribution in [2.24, 2.45) is 4.99 Å². The fraction of sp³-hybridized carbons (Fsp3) is 0.364. The summed E-state index contributed by atoms with van der Waals surface area (Å²) in [5.41, 5.74) is 0.533. The number of hydrogen-bond donors (Lipinski definition) is 4. The molecule has 0 fully saturated rings. The van der Waals surface area contributed by atoms with Gasteiger partial charge in [-0.1, -0.05) is 0 Å². The Morgan fingerprint density at radius 3 is 2.57 bits per heavy atom. The summed E-state index contributed by atoms with van der Waals surface area (Å²) in [5.74, 6) is -1.41. The average molecular weight is 400 g/mol. The van der Waals surface area contributed by atoms with Gasteiger partial charge < -0.3 is 25.5 Å². The van der Waals surface area contributed by atoms with Gasteiger partial charge in [0, 0.05) is 40.6 Å². The molecule has 0 saturated carbocycles. The molecule has 135 valence electrons. The molecular formula is C11H17CuN2O8P. The van der Waals surface area contributed by atoms with Gasteiger partial charge in [0.2, 0.25) is 0 Å². The van der Waals surface area contributed by atoms with Crippen LogP contribution in [0.1, 0.15) is 23.7 Å². The van der Waals surface area contributed by atoms with Crippen LogP contribution >= 0.6 is 7.82 Å². The molecular weight excluding hydrogens is 383 g/mol. The topological polar surface area (TPSA) is 181 Å². The third kappa shape index (κ3) is 7.67. The molecule has 0 bridgehead atoms. The summed E-state index contributed by atoms with van der Waals surface area (Å²) in [5, 5.41) is 18.7. The molecule has 0 aliphatic heterocycles. The zero-order chi connectivity index (χ0) is 16.2. The number of nitrogens with zero attached hydrogens (tertiary/aromatic N) is 2. The van der Waals surface area contributed by atoms with Crippen molar-refractivity contribution in [2.75, 3.05) is 0 Å².